The molecule has 0 aliphatic rings. The molecule has 8 heteroatoms. The maximum absolute atomic E-state index is 14.8. The Morgan fingerprint density at radius 2 is 1.00 bits per heavy atom. The third-order valence-corrected chi connectivity index (χ3v) is 9.13. The van der Waals surface area contributed by atoms with Crippen molar-refractivity contribution >= 4 is 21.8 Å². The van der Waals surface area contributed by atoms with Crippen molar-refractivity contribution in [1.82, 2.24) is 34.5 Å². The zero-order valence-corrected chi connectivity index (χ0v) is 28.4. The van der Waals surface area contributed by atoms with E-state index in [1.807, 2.05) is 92.7 Å². The number of aryl methyl sites for hydroxylation is 2. The first-order chi connectivity index (χ1) is 25.5. The molecular weight excluding hydrogens is 646 g/mol. The average molecular weight is 676 g/mol. The molecule has 0 N–H and O–H groups in total. The van der Waals surface area contributed by atoms with Crippen molar-refractivity contribution in [2.75, 3.05) is 0 Å². The molecule has 0 aliphatic carbocycles. The molecule has 3 aromatic heterocycles. The summed E-state index contributed by atoms with van der Waals surface area (Å²) >= 11 is 0. The number of fused-ring (bicyclic) bond motifs is 3. The highest BCUT2D eigenvalue weighted by molar-refractivity contribution is 6.10. The Labute approximate surface area is 299 Å². The van der Waals surface area contributed by atoms with Crippen LogP contribution in [0, 0.1) is 19.7 Å². The molecule has 0 aliphatic heterocycles. The predicted molar refractivity (Wildman–Crippen MR) is 204 cm³/mol. The lowest BCUT2D eigenvalue weighted by Crippen LogP contribution is -2.02. The Morgan fingerprint density at radius 3 is 1.69 bits per heavy atom. The van der Waals surface area contributed by atoms with Gasteiger partial charge in [-0.25, -0.2) is 34.3 Å². The molecule has 0 unspecified atom stereocenters. The highest BCUT2D eigenvalue weighted by Gasteiger charge is 2.20. The number of nitrogens with zero attached hydrogens (tertiary/aromatic N) is 7. The third-order valence-electron chi connectivity index (χ3n) is 9.13. The standard InChI is InChI=1S/C44H30FN7/c1-27-46-28(2)48-43(47-27)32-20-22-37-36-18-9-10-19-39(36)52(40(37)25-32)34-21-23-35(31-16-11-17-33(45)24-31)38(26-34)44-50-41(29-12-5-3-6-13-29)49-42(51-44)30-14-7-4-8-15-30/h3-26H,1-2H3. The normalized spacial score (nSPS) is 11.4. The van der Waals surface area contributed by atoms with Crippen LogP contribution in [0.4, 0.5) is 4.39 Å². The minimum absolute atomic E-state index is 0.322. The van der Waals surface area contributed by atoms with Crippen LogP contribution in [0.3, 0.4) is 0 Å². The maximum Gasteiger partial charge on any atom is 0.164 e. The van der Waals surface area contributed by atoms with E-state index in [1.165, 1.54) is 6.07 Å². The van der Waals surface area contributed by atoms with Gasteiger partial charge in [-0.1, -0.05) is 109 Å². The molecule has 0 saturated heterocycles. The highest BCUT2D eigenvalue weighted by Crippen LogP contribution is 2.38. The van der Waals surface area contributed by atoms with Crippen molar-refractivity contribution < 1.29 is 4.39 Å². The molecule has 6 aromatic carbocycles. The smallest absolute Gasteiger partial charge is 0.164 e. The molecular formula is C44H30FN7. The Morgan fingerprint density at radius 1 is 0.404 bits per heavy atom. The lowest BCUT2D eigenvalue weighted by Gasteiger charge is -2.16. The summed E-state index contributed by atoms with van der Waals surface area (Å²) in [6.45, 7) is 3.76. The second-order valence-electron chi connectivity index (χ2n) is 12.6. The summed E-state index contributed by atoms with van der Waals surface area (Å²) in [4.78, 5) is 28.8. The van der Waals surface area contributed by atoms with Crippen LogP contribution in [0.25, 0.3) is 84.2 Å². The van der Waals surface area contributed by atoms with Crippen molar-refractivity contribution in [2.45, 2.75) is 13.8 Å². The van der Waals surface area contributed by atoms with Gasteiger partial charge in [-0.15, -0.1) is 0 Å². The van der Waals surface area contributed by atoms with Crippen molar-refractivity contribution in [3.63, 3.8) is 0 Å². The van der Waals surface area contributed by atoms with E-state index in [4.69, 9.17) is 15.0 Å². The Balaban J connectivity index is 1.32. The molecule has 0 fully saturated rings. The SMILES string of the molecule is Cc1nc(C)nc(-c2ccc3c4ccccc4n(-c4ccc(-c5cccc(F)c5)c(-c5nc(-c6ccccc6)nc(-c6ccccc6)n5)c4)c3c2)n1. The summed E-state index contributed by atoms with van der Waals surface area (Å²) in [5, 5.41) is 2.20. The van der Waals surface area contributed by atoms with Crippen molar-refractivity contribution in [2.24, 2.45) is 0 Å². The molecule has 52 heavy (non-hydrogen) atoms. The molecule has 0 spiro atoms. The number of rotatable bonds is 6. The molecule has 9 aromatic rings. The minimum atomic E-state index is -0.322. The van der Waals surface area contributed by atoms with E-state index in [2.05, 4.69) is 68.0 Å². The van der Waals surface area contributed by atoms with Crippen LogP contribution in [0.5, 0.6) is 0 Å². The molecule has 0 amide bonds. The fourth-order valence-electron chi connectivity index (χ4n) is 6.83. The minimum Gasteiger partial charge on any atom is -0.309 e. The second kappa shape index (κ2) is 12.8. The summed E-state index contributed by atoms with van der Waals surface area (Å²) in [7, 11) is 0. The Bertz CT molecular complexity index is 2700. The van der Waals surface area contributed by atoms with Gasteiger partial charge in [-0.3, -0.25) is 0 Å². The number of hydrogen-bond donors (Lipinski definition) is 0. The van der Waals surface area contributed by atoms with Crippen molar-refractivity contribution in [1.29, 1.82) is 0 Å². The van der Waals surface area contributed by atoms with Gasteiger partial charge in [0.1, 0.15) is 17.5 Å². The van der Waals surface area contributed by atoms with Gasteiger partial charge in [-0.05, 0) is 61.4 Å². The number of benzene rings is 6. The summed E-state index contributed by atoms with van der Waals surface area (Å²) in [5.74, 6) is 3.21. The van der Waals surface area contributed by atoms with E-state index in [9.17, 15) is 4.39 Å². The topological polar surface area (TPSA) is 82.3 Å². The summed E-state index contributed by atoms with van der Waals surface area (Å²) < 4.78 is 17.0. The summed E-state index contributed by atoms with van der Waals surface area (Å²) in [6, 6.07) is 47.3. The van der Waals surface area contributed by atoms with Crippen LogP contribution >= 0.6 is 0 Å². The molecule has 0 atom stereocenters. The molecule has 7 nitrogen and oxygen atoms in total. The van der Waals surface area contributed by atoms with Crippen LogP contribution in [0.1, 0.15) is 11.6 Å². The van der Waals surface area contributed by atoms with Crippen LogP contribution in [0.15, 0.2) is 146 Å². The number of hydrogen-bond acceptors (Lipinski definition) is 6. The van der Waals surface area contributed by atoms with Gasteiger partial charge in [0.25, 0.3) is 0 Å². The third kappa shape index (κ3) is 5.66. The van der Waals surface area contributed by atoms with Gasteiger partial charge in [0.15, 0.2) is 23.3 Å². The molecule has 3 heterocycles. The Kier molecular flexibility index (Phi) is 7.62. The monoisotopic (exact) mass is 675 g/mol. The lowest BCUT2D eigenvalue weighted by molar-refractivity contribution is 0.628. The lowest BCUT2D eigenvalue weighted by atomic mass is 9.98. The van der Waals surface area contributed by atoms with Crippen LogP contribution in [-0.4, -0.2) is 34.5 Å². The van der Waals surface area contributed by atoms with Gasteiger partial charge in [0, 0.05) is 38.7 Å². The van der Waals surface area contributed by atoms with E-state index in [-0.39, 0.29) is 5.82 Å². The highest BCUT2D eigenvalue weighted by atomic mass is 19.1. The fourth-order valence-corrected chi connectivity index (χ4v) is 6.83. The summed E-state index contributed by atoms with van der Waals surface area (Å²) in [5.41, 5.74) is 7.79. The van der Waals surface area contributed by atoms with E-state index < -0.39 is 0 Å². The van der Waals surface area contributed by atoms with E-state index in [1.54, 1.807) is 12.1 Å². The number of para-hydroxylation sites is 1. The van der Waals surface area contributed by atoms with E-state index >= 15 is 0 Å². The molecule has 0 bridgehead atoms. The van der Waals surface area contributed by atoms with Gasteiger partial charge in [0.05, 0.1) is 11.0 Å². The predicted octanol–water partition coefficient (Wildman–Crippen LogP) is 10.2. The number of halogens is 1. The van der Waals surface area contributed by atoms with Crippen LogP contribution < -0.4 is 0 Å². The first-order valence-electron chi connectivity index (χ1n) is 17.0. The van der Waals surface area contributed by atoms with Gasteiger partial charge < -0.3 is 4.57 Å². The van der Waals surface area contributed by atoms with Crippen molar-refractivity contribution in [3.05, 3.63) is 163 Å². The fraction of sp³-hybridized carbons (Fsp3) is 0.0455. The quantitative estimate of drug-likeness (QED) is 0.174. The zero-order valence-electron chi connectivity index (χ0n) is 28.4. The number of aromatic nitrogens is 7. The largest absolute Gasteiger partial charge is 0.309 e. The van der Waals surface area contributed by atoms with E-state index in [0.29, 0.717) is 34.9 Å². The van der Waals surface area contributed by atoms with Gasteiger partial charge >= 0.3 is 0 Å². The van der Waals surface area contributed by atoms with Gasteiger partial charge in [0.2, 0.25) is 0 Å². The molecule has 9 rings (SSSR count). The van der Waals surface area contributed by atoms with Crippen molar-refractivity contribution in [3.8, 4) is 62.4 Å². The first-order valence-corrected chi connectivity index (χ1v) is 17.0. The van der Waals surface area contributed by atoms with E-state index in [0.717, 1.165) is 60.9 Å². The summed E-state index contributed by atoms with van der Waals surface area (Å²) in [6.07, 6.45) is 0. The first kappa shape index (κ1) is 31.1. The van der Waals surface area contributed by atoms with Crippen LogP contribution in [-0.2, 0) is 0 Å². The average Bonchev–Trinajstić information content (AvgIpc) is 3.51. The zero-order chi connectivity index (χ0) is 35.2. The van der Waals surface area contributed by atoms with Gasteiger partial charge in [-0.2, -0.15) is 0 Å². The Hall–Kier alpha value is -6.93. The molecule has 248 valence electrons. The molecule has 0 radical (unpaired) electrons. The molecule has 0 saturated carbocycles. The second-order valence-corrected chi connectivity index (χ2v) is 12.6. The maximum atomic E-state index is 14.8. The van der Waals surface area contributed by atoms with Crippen LogP contribution in [0.2, 0.25) is 0 Å².